The number of aryl methyl sites for hydroxylation is 1. The standard InChI is InChI=1S/C15H13N3O6S2/c1-7-12(13(19)17-15(21)16-7)26(22,23)18-9-3-4-10-8(5-9)6-11(25-10)14(20)24-2/h3-6,18H,1-2H3,(H2,16,17,19,21). The van der Waals surface area contributed by atoms with Crippen molar-refractivity contribution < 1.29 is 17.9 Å². The highest BCUT2D eigenvalue weighted by molar-refractivity contribution is 7.92. The molecule has 0 aliphatic heterocycles. The summed E-state index contributed by atoms with van der Waals surface area (Å²) in [7, 11) is -2.95. The van der Waals surface area contributed by atoms with E-state index in [-0.39, 0.29) is 11.4 Å². The van der Waals surface area contributed by atoms with Crippen molar-refractivity contribution in [2.75, 3.05) is 11.8 Å². The number of ether oxygens (including phenoxy) is 1. The number of anilines is 1. The van der Waals surface area contributed by atoms with Crippen LogP contribution in [-0.2, 0) is 14.8 Å². The monoisotopic (exact) mass is 395 g/mol. The van der Waals surface area contributed by atoms with Crippen molar-refractivity contribution in [2.24, 2.45) is 0 Å². The van der Waals surface area contributed by atoms with Gasteiger partial charge in [-0.05, 0) is 36.6 Å². The summed E-state index contributed by atoms with van der Waals surface area (Å²) in [6.07, 6.45) is 0. The first-order valence-electron chi connectivity index (χ1n) is 7.19. The van der Waals surface area contributed by atoms with Gasteiger partial charge in [-0.1, -0.05) is 0 Å². The fraction of sp³-hybridized carbons (Fsp3) is 0.133. The number of hydrogen-bond donors (Lipinski definition) is 3. The van der Waals surface area contributed by atoms with Gasteiger partial charge in [0.05, 0.1) is 7.11 Å². The van der Waals surface area contributed by atoms with Gasteiger partial charge in [0.25, 0.3) is 15.6 Å². The molecular formula is C15H13N3O6S2. The van der Waals surface area contributed by atoms with Crippen LogP contribution < -0.4 is 16.0 Å². The molecule has 0 unspecified atom stereocenters. The minimum Gasteiger partial charge on any atom is -0.465 e. The molecule has 0 amide bonds. The molecule has 0 aliphatic rings. The number of H-pyrrole nitrogens is 2. The van der Waals surface area contributed by atoms with Crippen molar-refractivity contribution in [3.05, 3.63) is 55.7 Å². The maximum absolute atomic E-state index is 12.5. The largest absolute Gasteiger partial charge is 0.465 e. The number of nitrogens with one attached hydrogen (secondary N) is 3. The molecule has 3 N–H and O–H groups in total. The first-order chi connectivity index (χ1) is 12.2. The van der Waals surface area contributed by atoms with Gasteiger partial charge in [-0.3, -0.25) is 14.5 Å². The van der Waals surface area contributed by atoms with Crippen LogP contribution in [0.5, 0.6) is 0 Å². The van der Waals surface area contributed by atoms with Gasteiger partial charge in [-0.25, -0.2) is 18.0 Å². The smallest absolute Gasteiger partial charge is 0.348 e. The van der Waals surface area contributed by atoms with Crippen molar-refractivity contribution in [3.63, 3.8) is 0 Å². The van der Waals surface area contributed by atoms with E-state index in [4.69, 9.17) is 0 Å². The molecule has 0 saturated carbocycles. The van der Waals surface area contributed by atoms with Crippen LogP contribution in [0.1, 0.15) is 15.4 Å². The second-order valence-electron chi connectivity index (χ2n) is 5.32. The maximum atomic E-state index is 12.5. The van der Waals surface area contributed by atoms with Crippen LogP contribution in [0.25, 0.3) is 10.1 Å². The minimum absolute atomic E-state index is 0.0733. The van der Waals surface area contributed by atoms with Crippen molar-refractivity contribution in [2.45, 2.75) is 11.8 Å². The Morgan fingerprint density at radius 2 is 1.92 bits per heavy atom. The number of carbonyl (C=O) groups is 1. The number of sulfonamides is 1. The molecule has 0 radical (unpaired) electrons. The van der Waals surface area contributed by atoms with Gasteiger partial charge in [-0.2, -0.15) is 0 Å². The molecule has 0 spiro atoms. The summed E-state index contributed by atoms with van der Waals surface area (Å²) in [6.45, 7) is 1.32. The van der Waals surface area contributed by atoms with Crippen LogP contribution in [0.4, 0.5) is 5.69 Å². The number of methoxy groups -OCH3 is 1. The third-order valence-electron chi connectivity index (χ3n) is 3.50. The molecule has 2 aromatic heterocycles. The second-order valence-corrected chi connectivity index (χ2v) is 8.03. The number of fused-ring (bicyclic) bond motifs is 1. The fourth-order valence-electron chi connectivity index (χ4n) is 2.43. The Morgan fingerprint density at radius 3 is 2.58 bits per heavy atom. The molecular weight excluding hydrogens is 382 g/mol. The summed E-state index contributed by atoms with van der Waals surface area (Å²) in [4.78, 5) is 38.6. The fourth-order valence-corrected chi connectivity index (χ4v) is 4.68. The average Bonchev–Trinajstić information content (AvgIpc) is 2.95. The number of benzene rings is 1. The van der Waals surface area contributed by atoms with Gasteiger partial charge in [0.1, 0.15) is 4.88 Å². The summed E-state index contributed by atoms with van der Waals surface area (Å²) >= 11 is 1.21. The Hall–Kier alpha value is -2.92. The number of hydrogen-bond acceptors (Lipinski definition) is 7. The second kappa shape index (κ2) is 6.42. The molecule has 0 saturated heterocycles. The summed E-state index contributed by atoms with van der Waals surface area (Å²) in [6, 6.07) is 6.27. The number of rotatable bonds is 4. The van der Waals surface area contributed by atoms with E-state index in [1.54, 1.807) is 12.1 Å². The predicted octanol–water partition coefficient (Wildman–Crippen LogP) is 1.17. The van der Waals surface area contributed by atoms with E-state index in [9.17, 15) is 22.8 Å². The summed E-state index contributed by atoms with van der Waals surface area (Å²) < 4.78 is 32.8. The van der Waals surface area contributed by atoms with Gasteiger partial charge in [0.15, 0.2) is 4.90 Å². The Morgan fingerprint density at radius 1 is 1.19 bits per heavy atom. The number of esters is 1. The van der Waals surface area contributed by atoms with E-state index in [2.05, 4.69) is 14.4 Å². The molecule has 0 fully saturated rings. The molecule has 3 aromatic rings. The van der Waals surface area contributed by atoms with Crippen LogP contribution in [0, 0.1) is 6.92 Å². The lowest BCUT2D eigenvalue weighted by atomic mass is 10.2. The molecule has 136 valence electrons. The highest BCUT2D eigenvalue weighted by Gasteiger charge is 2.22. The molecule has 1 aromatic carbocycles. The van der Waals surface area contributed by atoms with Gasteiger partial charge in [0.2, 0.25) is 0 Å². The first-order valence-corrected chi connectivity index (χ1v) is 9.49. The van der Waals surface area contributed by atoms with E-state index in [0.717, 1.165) is 4.70 Å². The van der Waals surface area contributed by atoms with Gasteiger partial charge >= 0.3 is 11.7 Å². The molecule has 0 aliphatic carbocycles. The highest BCUT2D eigenvalue weighted by atomic mass is 32.2. The van der Waals surface area contributed by atoms with Crippen LogP contribution in [-0.4, -0.2) is 31.5 Å². The third-order valence-corrected chi connectivity index (χ3v) is 6.13. The Balaban J connectivity index is 2.01. The summed E-state index contributed by atoms with van der Waals surface area (Å²) in [5.41, 5.74) is -1.67. The lowest BCUT2D eigenvalue weighted by Crippen LogP contribution is -2.31. The van der Waals surface area contributed by atoms with Crippen LogP contribution >= 0.6 is 11.3 Å². The summed E-state index contributed by atoms with van der Waals surface area (Å²) in [5.74, 6) is -0.483. The van der Waals surface area contributed by atoms with E-state index < -0.39 is 32.1 Å². The van der Waals surface area contributed by atoms with Gasteiger partial charge in [-0.15, -0.1) is 11.3 Å². The zero-order chi connectivity index (χ0) is 19.1. The van der Waals surface area contributed by atoms with E-state index in [1.807, 2.05) is 4.98 Å². The highest BCUT2D eigenvalue weighted by Crippen LogP contribution is 2.29. The Kier molecular flexibility index (Phi) is 4.42. The van der Waals surface area contributed by atoms with Crippen LogP contribution in [0.15, 0.2) is 38.8 Å². The van der Waals surface area contributed by atoms with Crippen molar-refractivity contribution >= 4 is 43.1 Å². The first kappa shape index (κ1) is 17.9. The molecule has 2 heterocycles. The normalized spacial score (nSPS) is 11.5. The molecule has 11 heteroatoms. The maximum Gasteiger partial charge on any atom is 0.348 e. The zero-order valence-corrected chi connectivity index (χ0v) is 15.2. The predicted molar refractivity (Wildman–Crippen MR) is 96.4 cm³/mol. The zero-order valence-electron chi connectivity index (χ0n) is 13.6. The van der Waals surface area contributed by atoms with Crippen molar-refractivity contribution in [1.82, 2.24) is 9.97 Å². The summed E-state index contributed by atoms with van der Waals surface area (Å²) in [5, 5.41) is 0.641. The average molecular weight is 395 g/mol. The van der Waals surface area contributed by atoms with E-state index in [1.165, 1.54) is 37.5 Å². The number of carbonyl (C=O) groups excluding carboxylic acids is 1. The van der Waals surface area contributed by atoms with E-state index in [0.29, 0.717) is 10.3 Å². The molecule has 3 rings (SSSR count). The number of aromatic amines is 2. The quantitative estimate of drug-likeness (QED) is 0.567. The third kappa shape index (κ3) is 3.26. The van der Waals surface area contributed by atoms with Crippen LogP contribution in [0.3, 0.4) is 0 Å². The Labute approximate surface area is 150 Å². The number of aromatic nitrogens is 2. The van der Waals surface area contributed by atoms with E-state index >= 15 is 0 Å². The molecule has 26 heavy (non-hydrogen) atoms. The SMILES string of the molecule is COC(=O)c1cc2cc(NS(=O)(=O)c3c(C)[nH]c(=O)[nH]c3=O)ccc2s1. The van der Waals surface area contributed by atoms with Crippen molar-refractivity contribution in [3.8, 4) is 0 Å². The van der Waals surface area contributed by atoms with Crippen LogP contribution in [0.2, 0.25) is 0 Å². The Bertz CT molecular complexity index is 1240. The minimum atomic E-state index is -4.23. The van der Waals surface area contributed by atoms with Gasteiger partial charge in [0, 0.05) is 16.1 Å². The molecule has 0 bridgehead atoms. The molecule has 0 atom stereocenters. The van der Waals surface area contributed by atoms with Crippen molar-refractivity contribution in [1.29, 1.82) is 0 Å². The lowest BCUT2D eigenvalue weighted by Gasteiger charge is -2.09. The topological polar surface area (TPSA) is 138 Å². The number of thiophene rings is 1. The molecule has 9 nitrogen and oxygen atoms in total. The van der Waals surface area contributed by atoms with Gasteiger partial charge < -0.3 is 9.72 Å². The lowest BCUT2D eigenvalue weighted by molar-refractivity contribution is 0.0606.